The van der Waals surface area contributed by atoms with Gasteiger partial charge < -0.3 is 9.47 Å². The average Bonchev–Trinajstić information content (AvgIpc) is 2.34. The highest BCUT2D eigenvalue weighted by Gasteiger charge is 2.28. The number of nitro groups is 1. The molecule has 0 unspecified atom stereocenters. The summed E-state index contributed by atoms with van der Waals surface area (Å²) in [6, 6.07) is 1.70. The van der Waals surface area contributed by atoms with Crippen molar-refractivity contribution < 1.29 is 27.6 Å². The maximum Gasteiger partial charge on any atom is 0.338 e. The number of nitrogens with zero attached hydrogens (tertiary/aromatic N) is 1. The lowest BCUT2D eigenvalue weighted by Crippen LogP contribution is -2.16. The van der Waals surface area contributed by atoms with Crippen LogP contribution >= 0.6 is 0 Å². The molecule has 0 heterocycles. The number of primary sulfonamides is 1. The largest absolute Gasteiger partial charge is 0.489 e. The van der Waals surface area contributed by atoms with Crippen LogP contribution in [0.15, 0.2) is 17.0 Å². The predicted molar refractivity (Wildman–Crippen MR) is 62.4 cm³/mol. The van der Waals surface area contributed by atoms with Gasteiger partial charge in [-0.05, 0) is 6.07 Å². The standard InChI is InChI=1S/C9H10N2O7S/c1-17-8-6(11(13)14)3-5(9(12)18-2)4-7(8)19(10,15)16/h3-4H,1-2H3,(H2,10,15,16). The molecular weight excluding hydrogens is 280 g/mol. The first-order chi connectivity index (χ1) is 8.72. The maximum absolute atomic E-state index is 11.4. The zero-order valence-electron chi connectivity index (χ0n) is 9.95. The van der Waals surface area contributed by atoms with Crippen LogP contribution in [0, 0.1) is 10.1 Å². The normalized spacial score (nSPS) is 10.9. The number of nitrogens with two attached hydrogens (primary N) is 1. The molecule has 1 rings (SSSR count). The molecule has 0 aliphatic rings. The van der Waals surface area contributed by atoms with E-state index in [-0.39, 0.29) is 5.56 Å². The van der Waals surface area contributed by atoms with Gasteiger partial charge in [0, 0.05) is 6.07 Å². The molecule has 1 aromatic rings. The quantitative estimate of drug-likeness (QED) is 0.469. The average molecular weight is 290 g/mol. The Bertz CT molecular complexity index is 638. The monoisotopic (exact) mass is 290 g/mol. The Morgan fingerprint density at radius 2 is 1.95 bits per heavy atom. The minimum Gasteiger partial charge on any atom is -0.489 e. The molecule has 104 valence electrons. The molecule has 1 aromatic carbocycles. The van der Waals surface area contributed by atoms with Gasteiger partial charge in [0.25, 0.3) is 0 Å². The molecule has 0 saturated carbocycles. The molecule has 2 N–H and O–H groups in total. The number of methoxy groups -OCH3 is 2. The van der Waals surface area contributed by atoms with Crippen LogP contribution in [0.5, 0.6) is 5.75 Å². The minimum atomic E-state index is -4.30. The predicted octanol–water partition coefficient (Wildman–Crippen LogP) is 0.0374. The topological polar surface area (TPSA) is 139 Å². The number of carbonyl (C=O) groups is 1. The second-order valence-corrected chi connectivity index (χ2v) is 4.85. The maximum atomic E-state index is 11.4. The molecular formula is C9H10N2O7S. The van der Waals surface area contributed by atoms with E-state index in [0.717, 1.165) is 26.4 Å². The van der Waals surface area contributed by atoms with Crippen molar-refractivity contribution in [1.29, 1.82) is 0 Å². The summed E-state index contributed by atoms with van der Waals surface area (Å²) in [5.74, 6) is -1.48. The molecule has 0 amide bonds. The van der Waals surface area contributed by atoms with Crippen molar-refractivity contribution in [2.75, 3.05) is 14.2 Å². The van der Waals surface area contributed by atoms with Crippen molar-refractivity contribution in [3.63, 3.8) is 0 Å². The van der Waals surface area contributed by atoms with Crippen LogP contribution in [0.4, 0.5) is 5.69 Å². The van der Waals surface area contributed by atoms with Crippen LogP contribution in [0.3, 0.4) is 0 Å². The summed E-state index contributed by atoms with van der Waals surface area (Å²) in [7, 11) is -2.20. The molecule has 19 heavy (non-hydrogen) atoms. The molecule has 0 saturated heterocycles. The Balaban J connectivity index is 3.74. The molecule has 0 aliphatic heterocycles. The lowest BCUT2D eigenvalue weighted by atomic mass is 10.2. The van der Waals surface area contributed by atoms with E-state index in [1.54, 1.807) is 0 Å². The fourth-order valence-corrected chi connectivity index (χ4v) is 2.11. The number of rotatable bonds is 4. The van der Waals surface area contributed by atoms with Gasteiger partial charge in [-0.3, -0.25) is 10.1 Å². The summed E-state index contributed by atoms with van der Waals surface area (Å²) in [6.07, 6.45) is 0. The summed E-state index contributed by atoms with van der Waals surface area (Å²) >= 11 is 0. The molecule has 0 aromatic heterocycles. The third-order valence-electron chi connectivity index (χ3n) is 2.16. The fraction of sp³-hybridized carbons (Fsp3) is 0.222. The molecule has 0 radical (unpaired) electrons. The number of hydrogen-bond donors (Lipinski definition) is 1. The first kappa shape index (κ1) is 14.9. The van der Waals surface area contributed by atoms with E-state index in [1.807, 2.05) is 0 Å². The van der Waals surface area contributed by atoms with Crippen molar-refractivity contribution in [2.45, 2.75) is 4.90 Å². The van der Waals surface area contributed by atoms with E-state index < -0.39 is 37.2 Å². The molecule has 0 fully saturated rings. The Labute approximate surface area is 108 Å². The number of benzene rings is 1. The van der Waals surface area contributed by atoms with Crippen LogP contribution in [0.1, 0.15) is 10.4 Å². The van der Waals surface area contributed by atoms with Crippen LogP contribution < -0.4 is 9.88 Å². The second kappa shape index (κ2) is 5.20. The number of hydrogen-bond acceptors (Lipinski definition) is 7. The van der Waals surface area contributed by atoms with Crippen molar-refractivity contribution in [3.05, 3.63) is 27.8 Å². The summed E-state index contributed by atoms with van der Waals surface area (Å²) in [4.78, 5) is 20.7. The van der Waals surface area contributed by atoms with Crippen LogP contribution in [-0.4, -0.2) is 33.5 Å². The number of ether oxygens (including phenoxy) is 2. The van der Waals surface area contributed by atoms with Crippen molar-refractivity contribution in [3.8, 4) is 5.75 Å². The van der Waals surface area contributed by atoms with Gasteiger partial charge in [0.05, 0.1) is 24.7 Å². The molecule has 0 atom stereocenters. The van der Waals surface area contributed by atoms with E-state index in [4.69, 9.17) is 5.14 Å². The van der Waals surface area contributed by atoms with Gasteiger partial charge in [-0.15, -0.1) is 0 Å². The van der Waals surface area contributed by atoms with Gasteiger partial charge in [0.2, 0.25) is 15.8 Å². The lowest BCUT2D eigenvalue weighted by molar-refractivity contribution is -0.386. The van der Waals surface area contributed by atoms with Gasteiger partial charge >= 0.3 is 11.7 Å². The Kier molecular flexibility index (Phi) is 4.07. The SMILES string of the molecule is COC(=O)c1cc([N+](=O)[O-])c(OC)c(S(N)(=O)=O)c1. The third kappa shape index (κ3) is 2.98. The Morgan fingerprint density at radius 3 is 2.32 bits per heavy atom. The smallest absolute Gasteiger partial charge is 0.338 e. The van der Waals surface area contributed by atoms with E-state index in [2.05, 4.69) is 9.47 Å². The molecule has 9 nitrogen and oxygen atoms in total. The van der Waals surface area contributed by atoms with Crippen molar-refractivity contribution >= 4 is 21.7 Å². The summed E-state index contributed by atoms with van der Waals surface area (Å²) in [6.45, 7) is 0. The highest BCUT2D eigenvalue weighted by molar-refractivity contribution is 7.89. The van der Waals surface area contributed by atoms with Gasteiger partial charge in [0.1, 0.15) is 4.90 Å². The third-order valence-corrected chi connectivity index (χ3v) is 3.08. The van der Waals surface area contributed by atoms with Gasteiger partial charge in [-0.2, -0.15) is 0 Å². The summed E-state index contributed by atoms with van der Waals surface area (Å²) in [5.41, 5.74) is -1.02. The molecule has 10 heteroatoms. The summed E-state index contributed by atoms with van der Waals surface area (Å²) < 4.78 is 31.8. The molecule has 0 aliphatic carbocycles. The Morgan fingerprint density at radius 1 is 1.37 bits per heavy atom. The van der Waals surface area contributed by atoms with Crippen molar-refractivity contribution in [1.82, 2.24) is 0 Å². The number of carbonyl (C=O) groups excluding carboxylic acids is 1. The van der Waals surface area contributed by atoms with E-state index in [0.29, 0.717) is 0 Å². The van der Waals surface area contributed by atoms with Gasteiger partial charge in [-0.1, -0.05) is 0 Å². The Hall–Kier alpha value is -2.20. The van der Waals surface area contributed by atoms with Gasteiger partial charge in [-0.25, -0.2) is 18.4 Å². The minimum absolute atomic E-state index is 0.320. The van der Waals surface area contributed by atoms with E-state index >= 15 is 0 Å². The van der Waals surface area contributed by atoms with Crippen LogP contribution in [0.2, 0.25) is 0 Å². The number of esters is 1. The number of sulfonamides is 1. The zero-order chi connectivity index (χ0) is 14.8. The molecule has 0 spiro atoms. The second-order valence-electron chi connectivity index (χ2n) is 3.32. The lowest BCUT2D eigenvalue weighted by Gasteiger charge is -2.09. The van der Waals surface area contributed by atoms with Crippen molar-refractivity contribution in [2.24, 2.45) is 5.14 Å². The van der Waals surface area contributed by atoms with E-state index in [9.17, 15) is 23.3 Å². The van der Waals surface area contributed by atoms with Crippen LogP contribution in [0.25, 0.3) is 0 Å². The highest BCUT2D eigenvalue weighted by atomic mass is 32.2. The first-order valence-corrected chi connectivity index (χ1v) is 6.24. The summed E-state index contributed by atoms with van der Waals surface area (Å²) in [5, 5.41) is 15.8. The fourth-order valence-electron chi connectivity index (χ4n) is 1.38. The zero-order valence-corrected chi connectivity index (χ0v) is 10.8. The van der Waals surface area contributed by atoms with Crippen LogP contribution in [-0.2, 0) is 14.8 Å². The van der Waals surface area contributed by atoms with E-state index in [1.165, 1.54) is 0 Å². The van der Waals surface area contributed by atoms with Gasteiger partial charge in [0.15, 0.2) is 0 Å². The highest BCUT2D eigenvalue weighted by Crippen LogP contribution is 2.34. The first-order valence-electron chi connectivity index (χ1n) is 4.70. The number of nitro benzene ring substituents is 1. The molecule has 0 bridgehead atoms.